The molecule has 0 amide bonds. The van der Waals surface area contributed by atoms with Crippen LogP contribution in [0, 0.1) is 32.4 Å². The molecule has 2 atom stereocenters. The SMILES string of the molecule is Cc1cnc(-c2cccc(-c3scnc3C)c2F)c(F)c1-n1c(C)cc([C@H]2C[C@@H]2c2cncc(Cl)c2)c(Cl)c1=O. The Morgan fingerprint density at radius 2 is 1.75 bits per heavy atom. The summed E-state index contributed by atoms with van der Waals surface area (Å²) in [6.07, 6.45) is 5.57. The predicted octanol–water partition coefficient (Wildman–Crippen LogP) is 8.20. The minimum absolute atomic E-state index is 0.00609. The predicted molar refractivity (Wildman–Crippen MR) is 155 cm³/mol. The van der Waals surface area contributed by atoms with Gasteiger partial charge in [0.05, 0.1) is 26.8 Å². The highest BCUT2D eigenvalue weighted by Crippen LogP contribution is 2.56. The van der Waals surface area contributed by atoms with Crippen molar-refractivity contribution < 1.29 is 8.78 Å². The van der Waals surface area contributed by atoms with Gasteiger partial charge >= 0.3 is 0 Å². The van der Waals surface area contributed by atoms with Crippen molar-refractivity contribution in [3.05, 3.63) is 115 Å². The molecule has 1 aliphatic carbocycles. The fourth-order valence-electron chi connectivity index (χ4n) is 5.30. The summed E-state index contributed by atoms with van der Waals surface area (Å²) in [7, 11) is 0. The van der Waals surface area contributed by atoms with Crippen molar-refractivity contribution in [3.63, 3.8) is 0 Å². The van der Waals surface area contributed by atoms with E-state index in [0.717, 1.165) is 12.0 Å². The molecule has 0 N–H and O–H groups in total. The summed E-state index contributed by atoms with van der Waals surface area (Å²) in [5.74, 6) is -1.24. The van der Waals surface area contributed by atoms with E-state index in [0.29, 0.717) is 38.0 Å². The molecule has 202 valence electrons. The van der Waals surface area contributed by atoms with Gasteiger partial charge in [-0.25, -0.2) is 13.8 Å². The molecule has 0 aliphatic heterocycles. The normalized spacial score (nSPS) is 16.4. The third-order valence-corrected chi connectivity index (χ3v) is 8.90. The lowest BCUT2D eigenvalue weighted by Crippen LogP contribution is -2.24. The molecule has 40 heavy (non-hydrogen) atoms. The number of pyridine rings is 3. The van der Waals surface area contributed by atoms with Crippen LogP contribution < -0.4 is 5.56 Å². The number of rotatable bonds is 5. The second kappa shape index (κ2) is 10.2. The van der Waals surface area contributed by atoms with E-state index >= 15 is 8.78 Å². The highest BCUT2D eigenvalue weighted by atomic mass is 35.5. The second-order valence-corrected chi connectivity index (χ2v) is 11.6. The van der Waals surface area contributed by atoms with Gasteiger partial charge in [0.15, 0.2) is 5.82 Å². The van der Waals surface area contributed by atoms with Crippen LogP contribution in [-0.2, 0) is 0 Å². The highest BCUT2D eigenvalue weighted by Gasteiger charge is 2.42. The van der Waals surface area contributed by atoms with E-state index in [1.165, 1.54) is 28.2 Å². The zero-order chi connectivity index (χ0) is 28.3. The quantitative estimate of drug-likeness (QED) is 0.206. The zero-order valence-corrected chi connectivity index (χ0v) is 24.0. The Morgan fingerprint density at radius 3 is 2.48 bits per heavy atom. The van der Waals surface area contributed by atoms with Gasteiger partial charge in [-0.2, -0.15) is 0 Å². The topological polar surface area (TPSA) is 60.7 Å². The van der Waals surface area contributed by atoms with Crippen molar-refractivity contribution >= 4 is 34.5 Å². The first kappa shape index (κ1) is 26.7. The Balaban J connectivity index is 1.44. The lowest BCUT2D eigenvalue weighted by molar-refractivity contribution is 0.602. The molecular formula is C30H22Cl2F2N4OS. The maximum Gasteiger partial charge on any atom is 0.274 e. The summed E-state index contributed by atoms with van der Waals surface area (Å²) >= 11 is 14.1. The summed E-state index contributed by atoms with van der Waals surface area (Å²) in [4.78, 5) is 26.9. The minimum atomic E-state index is -0.805. The van der Waals surface area contributed by atoms with E-state index in [1.54, 1.807) is 50.8 Å². The van der Waals surface area contributed by atoms with Crippen LogP contribution in [0.2, 0.25) is 10.0 Å². The van der Waals surface area contributed by atoms with E-state index in [9.17, 15) is 4.79 Å². The van der Waals surface area contributed by atoms with E-state index < -0.39 is 17.2 Å². The molecule has 5 nitrogen and oxygen atoms in total. The third kappa shape index (κ3) is 4.44. The monoisotopic (exact) mass is 594 g/mol. The maximum absolute atomic E-state index is 16.3. The van der Waals surface area contributed by atoms with Crippen LogP contribution in [0.15, 0.2) is 59.2 Å². The summed E-state index contributed by atoms with van der Waals surface area (Å²) in [5, 5.41) is 0.573. The first-order valence-corrected chi connectivity index (χ1v) is 14.2. The van der Waals surface area contributed by atoms with Gasteiger partial charge in [0.1, 0.15) is 16.5 Å². The molecule has 1 saturated carbocycles. The molecule has 0 bridgehead atoms. The van der Waals surface area contributed by atoms with Crippen molar-refractivity contribution in [1.29, 1.82) is 0 Å². The summed E-state index contributed by atoms with van der Waals surface area (Å²) < 4.78 is 33.3. The van der Waals surface area contributed by atoms with Crippen LogP contribution in [0.4, 0.5) is 8.78 Å². The Bertz CT molecular complexity index is 1870. The summed E-state index contributed by atoms with van der Waals surface area (Å²) in [6.45, 7) is 5.17. The molecule has 0 saturated heterocycles. The molecular weight excluding hydrogens is 573 g/mol. The number of halogens is 4. The van der Waals surface area contributed by atoms with Crippen LogP contribution in [0.25, 0.3) is 27.4 Å². The van der Waals surface area contributed by atoms with Gasteiger partial charge < -0.3 is 0 Å². The Hall–Kier alpha value is -3.46. The largest absolute Gasteiger partial charge is 0.277 e. The van der Waals surface area contributed by atoms with Gasteiger partial charge in [-0.05, 0) is 73.9 Å². The number of benzene rings is 1. The molecule has 4 heterocycles. The average molecular weight is 596 g/mol. The standard InChI is InChI=1S/C30H22Cl2F2N4OS/c1-14-10-36-27(19-5-4-6-20(25(19)33)29-16(3)37-13-40-29)26(34)28(14)38-15(2)7-23(24(32)30(38)39)22-9-21(22)17-8-18(31)12-35-11-17/h4-8,10-13,21-22H,9H2,1-3H3/t21-,22+/m1/s1. The number of aromatic nitrogens is 4. The van der Waals surface area contributed by atoms with Gasteiger partial charge in [-0.15, -0.1) is 11.3 Å². The molecule has 1 aliphatic rings. The average Bonchev–Trinajstić information content (AvgIpc) is 3.61. The molecule has 1 fully saturated rings. The lowest BCUT2D eigenvalue weighted by atomic mass is 10.0. The number of nitrogens with zero attached hydrogens (tertiary/aromatic N) is 4. The van der Waals surface area contributed by atoms with Gasteiger partial charge in [-0.3, -0.25) is 19.3 Å². The smallest absolute Gasteiger partial charge is 0.274 e. The highest BCUT2D eigenvalue weighted by molar-refractivity contribution is 7.13. The number of thiazole rings is 1. The van der Waals surface area contributed by atoms with Crippen molar-refractivity contribution in [2.75, 3.05) is 0 Å². The molecule has 0 spiro atoms. The molecule has 4 aromatic heterocycles. The van der Waals surface area contributed by atoms with Crippen molar-refractivity contribution in [2.45, 2.75) is 39.0 Å². The molecule has 6 rings (SSSR count). The molecule has 1 aromatic carbocycles. The fraction of sp³-hybridized carbons (Fsp3) is 0.200. The van der Waals surface area contributed by atoms with Crippen LogP contribution in [-0.4, -0.2) is 19.5 Å². The van der Waals surface area contributed by atoms with Gasteiger partial charge in [-0.1, -0.05) is 35.3 Å². The van der Waals surface area contributed by atoms with E-state index in [4.69, 9.17) is 23.2 Å². The minimum Gasteiger partial charge on any atom is -0.277 e. The first-order valence-electron chi connectivity index (χ1n) is 12.5. The van der Waals surface area contributed by atoms with E-state index in [2.05, 4.69) is 15.0 Å². The summed E-state index contributed by atoms with van der Waals surface area (Å²) in [6, 6.07) is 8.44. The Kier molecular flexibility index (Phi) is 6.81. The van der Waals surface area contributed by atoms with E-state index in [1.807, 2.05) is 12.1 Å². The summed E-state index contributed by atoms with van der Waals surface area (Å²) in [5.41, 5.74) is 4.50. The number of hydrogen-bond donors (Lipinski definition) is 0. The van der Waals surface area contributed by atoms with Crippen LogP contribution in [0.5, 0.6) is 0 Å². The van der Waals surface area contributed by atoms with Crippen molar-refractivity contribution in [2.24, 2.45) is 0 Å². The van der Waals surface area contributed by atoms with E-state index in [-0.39, 0.29) is 33.8 Å². The second-order valence-electron chi connectivity index (χ2n) is 9.97. The molecule has 0 unspecified atom stereocenters. The molecule has 10 heteroatoms. The molecule has 5 aromatic rings. The van der Waals surface area contributed by atoms with Gasteiger partial charge in [0.2, 0.25) is 0 Å². The van der Waals surface area contributed by atoms with Gasteiger partial charge in [0, 0.05) is 35.4 Å². The van der Waals surface area contributed by atoms with Gasteiger partial charge in [0.25, 0.3) is 5.56 Å². The van der Waals surface area contributed by atoms with Crippen LogP contribution in [0.1, 0.15) is 46.3 Å². The lowest BCUT2D eigenvalue weighted by Gasteiger charge is -2.18. The third-order valence-electron chi connectivity index (χ3n) is 7.35. The molecule has 0 radical (unpaired) electrons. The number of aryl methyl sites for hydroxylation is 3. The Morgan fingerprint density at radius 1 is 0.975 bits per heavy atom. The van der Waals surface area contributed by atoms with Crippen molar-refractivity contribution in [1.82, 2.24) is 19.5 Å². The van der Waals surface area contributed by atoms with Crippen molar-refractivity contribution in [3.8, 4) is 27.4 Å². The first-order chi connectivity index (χ1) is 19.2. The van der Waals surface area contributed by atoms with Crippen LogP contribution in [0.3, 0.4) is 0 Å². The van der Waals surface area contributed by atoms with Crippen LogP contribution >= 0.6 is 34.5 Å². The zero-order valence-electron chi connectivity index (χ0n) is 21.7. The maximum atomic E-state index is 16.3. The fourth-order valence-corrected chi connectivity index (χ4v) is 6.58. The number of hydrogen-bond acceptors (Lipinski definition) is 5. The Labute approximate surface area is 243 Å².